The third-order valence-corrected chi connectivity index (χ3v) is 4.37. The van der Waals surface area contributed by atoms with E-state index in [2.05, 4.69) is 0 Å². The predicted octanol–water partition coefficient (Wildman–Crippen LogP) is 1.06. The fraction of sp³-hybridized carbons (Fsp3) is 0.417. The molecule has 6 heteroatoms. The molecule has 1 aliphatic rings. The highest BCUT2D eigenvalue weighted by Gasteiger charge is 2.72. The number of benzene rings is 1. The van der Waals surface area contributed by atoms with E-state index < -0.39 is 26.8 Å². The van der Waals surface area contributed by atoms with Gasteiger partial charge in [-0.1, -0.05) is 30.3 Å². The Morgan fingerprint density at radius 2 is 2.00 bits per heavy atom. The van der Waals surface area contributed by atoms with Crippen molar-refractivity contribution in [2.24, 2.45) is 0 Å². The largest absolute Gasteiger partial charge is 0.463 e. The van der Waals surface area contributed by atoms with Crippen LogP contribution in [0.15, 0.2) is 30.3 Å². The third-order valence-electron chi connectivity index (χ3n) is 2.79. The van der Waals surface area contributed by atoms with Crippen molar-refractivity contribution >= 4 is 15.8 Å². The number of epoxide rings is 1. The van der Waals surface area contributed by atoms with Gasteiger partial charge in [0.2, 0.25) is 0 Å². The number of hydrogen-bond donors (Lipinski definition) is 0. The molecule has 5 nitrogen and oxygen atoms in total. The molecule has 1 fully saturated rings. The van der Waals surface area contributed by atoms with Crippen LogP contribution in [0, 0.1) is 0 Å². The van der Waals surface area contributed by atoms with Gasteiger partial charge in [0.1, 0.15) is 6.10 Å². The maximum atomic E-state index is 11.8. The average Bonchev–Trinajstić information content (AvgIpc) is 3.06. The van der Waals surface area contributed by atoms with Crippen LogP contribution in [-0.2, 0) is 24.1 Å². The predicted molar refractivity (Wildman–Crippen MR) is 64.5 cm³/mol. The minimum atomic E-state index is -3.71. The Balaban J connectivity index is 2.36. The van der Waals surface area contributed by atoms with Gasteiger partial charge in [-0.2, -0.15) is 0 Å². The van der Waals surface area contributed by atoms with E-state index >= 15 is 0 Å². The summed E-state index contributed by atoms with van der Waals surface area (Å²) in [6, 6.07) is 8.76. The van der Waals surface area contributed by atoms with Gasteiger partial charge in [-0.15, -0.1) is 0 Å². The van der Waals surface area contributed by atoms with Gasteiger partial charge in [-0.25, -0.2) is 13.2 Å². The summed E-state index contributed by atoms with van der Waals surface area (Å²) in [7, 11) is -3.71. The smallest absolute Gasteiger partial charge is 0.357 e. The third kappa shape index (κ3) is 1.91. The van der Waals surface area contributed by atoms with Crippen molar-refractivity contribution in [3.8, 4) is 0 Å². The molecule has 1 aromatic carbocycles. The second-order valence-electron chi connectivity index (χ2n) is 4.07. The summed E-state index contributed by atoms with van der Waals surface area (Å²) in [5.74, 6) is -0.846. The molecule has 0 spiro atoms. The first-order chi connectivity index (χ1) is 8.43. The van der Waals surface area contributed by atoms with Crippen LogP contribution < -0.4 is 0 Å². The van der Waals surface area contributed by atoms with Gasteiger partial charge in [0.15, 0.2) is 9.84 Å². The molecule has 1 aromatic rings. The topological polar surface area (TPSA) is 73.0 Å². The summed E-state index contributed by atoms with van der Waals surface area (Å²) in [5.41, 5.74) is 0.649. The summed E-state index contributed by atoms with van der Waals surface area (Å²) in [4.78, 5) is 9.96. The second kappa shape index (κ2) is 4.37. The van der Waals surface area contributed by atoms with Crippen molar-refractivity contribution in [2.45, 2.75) is 18.0 Å². The normalized spacial score (nSPS) is 26.7. The molecule has 98 valence electrons. The van der Waals surface area contributed by atoms with Crippen LogP contribution in [0.4, 0.5) is 0 Å². The number of ether oxygens (including phenoxy) is 2. The van der Waals surface area contributed by atoms with Crippen LogP contribution in [0.25, 0.3) is 0 Å². The number of carbonyl (C=O) groups is 1. The van der Waals surface area contributed by atoms with Crippen LogP contribution in [0.3, 0.4) is 0 Å². The SMILES string of the molecule is CCOC(=O)C1(S(C)(=O)=O)OC1c1ccccc1. The van der Waals surface area contributed by atoms with E-state index in [-0.39, 0.29) is 6.61 Å². The Hall–Kier alpha value is -1.40. The van der Waals surface area contributed by atoms with Crippen molar-refractivity contribution in [3.05, 3.63) is 35.9 Å². The highest BCUT2D eigenvalue weighted by molar-refractivity contribution is 7.93. The van der Waals surface area contributed by atoms with E-state index in [0.29, 0.717) is 5.56 Å². The summed E-state index contributed by atoms with van der Waals surface area (Å²) in [6.07, 6.45) is 0.195. The van der Waals surface area contributed by atoms with Gasteiger partial charge in [-0.05, 0) is 12.5 Å². The zero-order chi connectivity index (χ0) is 13.4. The fourth-order valence-electron chi connectivity index (χ4n) is 1.88. The van der Waals surface area contributed by atoms with Gasteiger partial charge >= 0.3 is 5.97 Å². The molecule has 2 unspecified atom stereocenters. The Labute approximate surface area is 106 Å². The van der Waals surface area contributed by atoms with E-state index in [0.717, 1.165) is 6.26 Å². The van der Waals surface area contributed by atoms with Crippen LogP contribution >= 0.6 is 0 Å². The first-order valence-electron chi connectivity index (χ1n) is 5.53. The van der Waals surface area contributed by atoms with Crippen molar-refractivity contribution < 1.29 is 22.7 Å². The van der Waals surface area contributed by atoms with Crippen molar-refractivity contribution in [1.82, 2.24) is 0 Å². The zero-order valence-electron chi connectivity index (χ0n) is 10.1. The standard InChI is InChI=1S/C12H14O5S/c1-3-16-11(13)12(18(2,14)15)10(17-12)9-7-5-4-6-8-9/h4-8,10H,3H2,1-2H3. The Kier molecular flexibility index (Phi) is 3.16. The van der Waals surface area contributed by atoms with E-state index in [1.807, 2.05) is 0 Å². The Bertz CT molecular complexity index is 551. The molecule has 0 bridgehead atoms. The van der Waals surface area contributed by atoms with Gasteiger partial charge in [0, 0.05) is 6.26 Å². The number of sulfone groups is 1. The second-order valence-corrected chi connectivity index (χ2v) is 6.22. The van der Waals surface area contributed by atoms with E-state index in [4.69, 9.17) is 9.47 Å². The highest BCUT2D eigenvalue weighted by atomic mass is 32.2. The quantitative estimate of drug-likeness (QED) is 0.604. The van der Waals surface area contributed by atoms with Gasteiger partial charge in [0.05, 0.1) is 6.61 Å². The van der Waals surface area contributed by atoms with Gasteiger partial charge < -0.3 is 9.47 Å². The highest BCUT2D eigenvalue weighted by Crippen LogP contribution is 2.53. The maximum absolute atomic E-state index is 11.8. The average molecular weight is 270 g/mol. The first-order valence-corrected chi connectivity index (χ1v) is 7.42. The lowest BCUT2D eigenvalue weighted by Crippen LogP contribution is -2.36. The lowest BCUT2D eigenvalue weighted by Gasteiger charge is -2.09. The van der Waals surface area contributed by atoms with Crippen LogP contribution in [0.5, 0.6) is 0 Å². The molecule has 0 saturated carbocycles. The maximum Gasteiger partial charge on any atom is 0.357 e. The molecule has 0 radical (unpaired) electrons. The molecular weight excluding hydrogens is 256 g/mol. The minimum Gasteiger partial charge on any atom is -0.463 e. The van der Waals surface area contributed by atoms with Crippen molar-refractivity contribution in [1.29, 1.82) is 0 Å². The molecule has 1 saturated heterocycles. The van der Waals surface area contributed by atoms with Crippen LogP contribution in [0.1, 0.15) is 18.6 Å². The Morgan fingerprint density at radius 3 is 2.50 bits per heavy atom. The molecule has 1 heterocycles. The number of esters is 1. The minimum absolute atomic E-state index is 0.112. The lowest BCUT2D eigenvalue weighted by molar-refractivity contribution is -0.146. The van der Waals surface area contributed by atoms with E-state index in [1.54, 1.807) is 37.3 Å². The summed E-state index contributed by atoms with van der Waals surface area (Å²) >= 11 is 0. The molecule has 2 rings (SSSR count). The zero-order valence-corrected chi connectivity index (χ0v) is 10.9. The van der Waals surface area contributed by atoms with Crippen LogP contribution in [-0.4, -0.2) is 32.2 Å². The molecule has 18 heavy (non-hydrogen) atoms. The first kappa shape index (κ1) is 13.0. The summed E-state index contributed by atoms with van der Waals surface area (Å²) < 4.78 is 33.6. The van der Waals surface area contributed by atoms with Gasteiger partial charge in [0.25, 0.3) is 4.93 Å². The molecule has 0 aliphatic carbocycles. The molecule has 1 aliphatic heterocycles. The molecular formula is C12H14O5S. The van der Waals surface area contributed by atoms with Crippen LogP contribution in [0.2, 0.25) is 0 Å². The fourth-order valence-corrected chi connectivity index (χ4v) is 3.03. The lowest BCUT2D eigenvalue weighted by atomic mass is 10.1. The van der Waals surface area contributed by atoms with Crippen molar-refractivity contribution in [2.75, 3.05) is 12.9 Å². The number of carbonyl (C=O) groups excluding carboxylic acids is 1. The van der Waals surface area contributed by atoms with Crippen molar-refractivity contribution in [3.63, 3.8) is 0 Å². The molecule has 2 atom stereocenters. The summed E-state index contributed by atoms with van der Waals surface area (Å²) in [6.45, 7) is 1.73. The molecule has 0 amide bonds. The summed E-state index contributed by atoms with van der Waals surface area (Å²) in [5, 5.41) is 0. The van der Waals surface area contributed by atoms with Gasteiger partial charge in [-0.3, -0.25) is 0 Å². The Morgan fingerprint density at radius 1 is 1.39 bits per heavy atom. The monoisotopic (exact) mass is 270 g/mol. The number of rotatable bonds is 4. The molecule has 0 aromatic heterocycles. The van der Waals surface area contributed by atoms with E-state index in [9.17, 15) is 13.2 Å². The molecule has 0 N–H and O–H groups in total. The van der Waals surface area contributed by atoms with E-state index in [1.165, 1.54) is 0 Å². The number of hydrogen-bond acceptors (Lipinski definition) is 5.